The molecule has 0 saturated carbocycles. The Balaban J connectivity index is 0.000000791. The molecule has 1 rings (SSSR count). The lowest BCUT2D eigenvalue weighted by atomic mass is 10.2. The summed E-state index contributed by atoms with van der Waals surface area (Å²) in [6.45, 7) is 5.15. The lowest BCUT2D eigenvalue weighted by Crippen LogP contribution is -1.96. The van der Waals surface area contributed by atoms with Gasteiger partial charge in [0.1, 0.15) is 5.82 Å². The molecule has 5 heteroatoms. The zero-order valence-corrected chi connectivity index (χ0v) is 8.17. The van der Waals surface area contributed by atoms with E-state index in [0.717, 1.165) is 19.1 Å². The topological polar surface area (TPSA) is 43.1 Å². The SMILES string of the molecule is CC.Cc1c(F)ccc([N+](=O)[O-])c1F. The van der Waals surface area contributed by atoms with E-state index in [1.807, 2.05) is 13.8 Å². The summed E-state index contributed by atoms with van der Waals surface area (Å²) in [6, 6.07) is 1.67. The second kappa shape index (κ2) is 5.26. The molecule has 0 aromatic heterocycles. The first kappa shape index (κ1) is 12.5. The number of nitro benzene ring substituents is 1. The van der Waals surface area contributed by atoms with Crippen LogP contribution in [-0.4, -0.2) is 4.92 Å². The Labute approximate surface area is 80.5 Å². The van der Waals surface area contributed by atoms with Crippen molar-refractivity contribution < 1.29 is 13.7 Å². The monoisotopic (exact) mass is 203 g/mol. The highest BCUT2D eigenvalue weighted by molar-refractivity contribution is 5.36. The molecule has 3 nitrogen and oxygen atoms in total. The van der Waals surface area contributed by atoms with Gasteiger partial charge in [-0.15, -0.1) is 0 Å². The molecule has 0 aliphatic heterocycles. The molecule has 0 aliphatic rings. The van der Waals surface area contributed by atoms with Crippen LogP contribution >= 0.6 is 0 Å². The summed E-state index contributed by atoms with van der Waals surface area (Å²) >= 11 is 0. The molecule has 0 unspecified atom stereocenters. The van der Waals surface area contributed by atoms with Gasteiger partial charge in [0.25, 0.3) is 0 Å². The van der Waals surface area contributed by atoms with Crippen molar-refractivity contribution in [3.05, 3.63) is 39.4 Å². The van der Waals surface area contributed by atoms with Crippen LogP contribution in [0.3, 0.4) is 0 Å². The van der Waals surface area contributed by atoms with Crippen LogP contribution in [0.2, 0.25) is 0 Å². The first-order valence-corrected chi connectivity index (χ1v) is 4.13. The predicted octanol–water partition coefficient (Wildman–Crippen LogP) is 3.21. The van der Waals surface area contributed by atoms with E-state index in [1.54, 1.807) is 0 Å². The fourth-order valence-corrected chi connectivity index (χ4v) is 0.788. The maximum Gasteiger partial charge on any atom is 0.305 e. The Kier molecular flexibility index (Phi) is 4.69. The van der Waals surface area contributed by atoms with Gasteiger partial charge in [-0.3, -0.25) is 10.1 Å². The Hall–Kier alpha value is -1.52. The molecule has 0 heterocycles. The molecule has 1 aromatic carbocycles. The highest BCUT2D eigenvalue weighted by Crippen LogP contribution is 2.21. The molecule has 0 radical (unpaired) electrons. The van der Waals surface area contributed by atoms with E-state index in [0.29, 0.717) is 0 Å². The van der Waals surface area contributed by atoms with E-state index < -0.39 is 22.2 Å². The zero-order chi connectivity index (χ0) is 11.3. The maximum atomic E-state index is 12.8. The Morgan fingerprint density at radius 3 is 2.21 bits per heavy atom. The highest BCUT2D eigenvalue weighted by atomic mass is 19.1. The third-order valence-corrected chi connectivity index (χ3v) is 1.50. The molecule has 0 atom stereocenters. The van der Waals surface area contributed by atoms with E-state index in [9.17, 15) is 18.9 Å². The van der Waals surface area contributed by atoms with Crippen LogP contribution < -0.4 is 0 Å². The fourth-order valence-electron chi connectivity index (χ4n) is 0.788. The number of rotatable bonds is 1. The lowest BCUT2D eigenvalue weighted by Gasteiger charge is -1.97. The van der Waals surface area contributed by atoms with Crippen molar-refractivity contribution in [2.75, 3.05) is 0 Å². The Bertz CT molecular complexity index is 340. The van der Waals surface area contributed by atoms with Gasteiger partial charge in [-0.05, 0) is 13.0 Å². The average Bonchev–Trinajstić information content (AvgIpc) is 2.17. The van der Waals surface area contributed by atoms with E-state index >= 15 is 0 Å². The minimum atomic E-state index is -1.11. The largest absolute Gasteiger partial charge is 0.305 e. The third-order valence-electron chi connectivity index (χ3n) is 1.50. The molecular formula is C9H11F2NO2. The minimum absolute atomic E-state index is 0.329. The number of benzene rings is 1. The van der Waals surface area contributed by atoms with Crippen LogP contribution in [-0.2, 0) is 0 Å². The van der Waals surface area contributed by atoms with Crippen molar-refractivity contribution in [2.24, 2.45) is 0 Å². The first-order valence-electron chi connectivity index (χ1n) is 4.13. The van der Waals surface area contributed by atoms with Gasteiger partial charge < -0.3 is 0 Å². The second-order valence-electron chi connectivity index (χ2n) is 2.26. The number of hydrogen-bond donors (Lipinski definition) is 0. The van der Waals surface area contributed by atoms with Gasteiger partial charge in [-0.1, -0.05) is 13.8 Å². The maximum absolute atomic E-state index is 12.8. The number of nitrogens with zero attached hydrogens (tertiary/aromatic N) is 1. The van der Waals surface area contributed by atoms with Gasteiger partial charge in [0.05, 0.1) is 4.92 Å². The summed E-state index contributed by atoms with van der Waals surface area (Å²) in [5.74, 6) is -1.89. The van der Waals surface area contributed by atoms with Crippen LogP contribution in [0, 0.1) is 28.7 Å². The average molecular weight is 203 g/mol. The quantitative estimate of drug-likeness (QED) is 0.519. The summed E-state index contributed by atoms with van der Waals surface area (Å²) in [7, 11) is 0. The summed E-state index contributed by atoms with van der Waals surface area (Å²) in [5.41, 5.74) is -1.03. The third kappa shape index (κ3) is 2.48. The van der Waals surface area contributed by atoms with Crippen LogP contribution in [0.1, 0.15) is 19.4 Å². The van der Waals surface area contributed by atoms with Crippen molar-refractivity contribution in [1.29, 1.82) is 0 Å². The standard InChI is InChI=1S/C7H5F2NO2.C2H6/c1-4-5(8)2-3-6(7(4)9)10(11)12;1-2/h2-3H,1H3;1-2H3. The van der Waals surface area contributed by atoms with Crippen molar-refractivity contribution in [3.63, 3.8) is 0 Å². The summed E-state index contributed by atoms with van der Waals surface area (Å²) < 4.78 is 25.4. The Morgan fingerprint density at radius 2 is 1.79 bits per heavy atom. The smallest absolute Gasteiger partial charge is 0.258 e. The van der Waals surface area contributed by atoms with Gasteiger partial charge in [-0.25, -0.2) is 4.39 Å². The molecule has 0 amide bonds. The van der Waals surface area contributed by atoms with E-state index in [-0.39, 0.29) is 5.56 Å². The van der Waals surface area contributed by atoms with E-state index in [1.165, 1.54) is 0 Å². The van der Waals surface area contributed by atoms with Gasteiger partial charge in [0.2, 0.25) is 5.82 Å². The number of halogens is 2. The molecule has 0 N–H and O–H groups in total. The number of nitro groups is 1. The molecule has 1 aromatic rings. The zero-order valence-electron chi connectivity index (χ0n) is 8.17. The van der Waals surface area contributed by atoms with E-state index in [4.69, 9.17) is 0 Å². The molecule has 14 heavy (non-hydrogen) atoms. The molecule has 0 saturated heterocycles. The summed E-state index contributed by atoms with van der Waals surface area (Å²) in [6.07, 6.45) is 0. The fraction of sp³-hybridized carbons (Fsp3) is 0.333. The highest BCUT2D eigenvalue weighted by Gasteiger charge is 2.17. The van der Waals surface area contributed by atoms with Crippen LogP contribution in [0.4, 0.5) is 14.5 Å². The normalized spacial score (nSPS) is 8.93. The molecule has 0 bridgehead atoms. The number of hydrogen-bond acceptors (Lipinski definition) is 2. The van der Waals surface area contributed by atoms with Gasteiger partial charge in [0.15, 0.2) is 0 Å². The van der Waals surface area contributed by atoms with Crippen molar-refractivity contribution >= 4 is 5.69 Å². The van der Waals surface area contributed by atoms with Gasteiger partial charge >= 0.3 is 5.69 Å². The van der Waals surface area contributed by atoms with Crippen molar-refractivity contribution in [2.45, 2.75) is 20.8 Å². The summed E-state index contributed by atoms with van der Waals surface area (Å²) in [4.78, 5) is 9.24. The molecule has 0 spiro atoms. The lowest BCUT2D eigenvalue weighted by molar-refractivity contribution is -0.387. The van der Waals surface area contributed by atoms with Crippen LogP contribution in [0.5, 0.6) is 0 Å². The minimum Gasteiger partial charge on any atom is -0.258 e. The molecule has 0 aliphatic carbocycles. The first-order chi connectivity index (χ1) is 6.54. The molecule has 78 valence electrons. The molecule has 0 fully saturated rings. The van der Waals surface area contributed by atoms with Crippen LogP contribution in [0.25, 0.3) is 0 Å². The summed E-state index contributed by atoms with van der Waals surface area (Å²) in [5, 5.41) is 10.1. The molecular weight excluding hydrogens is 192 g/mol. The second-order valence-corrected chi connectivity index (χ2v) is 2.26. The van der Waals surface area contributed by atoms with E-state index in [2.05, 4.69) is 0 Å². The Morgan fingerprint density at radius 1 is 1.29 bits per heavy atom. The van der Waals surface area contributed by atoms with Gasteiger partial charge in [0, 0.05) is 11.6 Å². The predicted molar refractivity (Wildman–Crippen MR) is 49.1 cm³/mol. The van der Waals surface area contributed by atoms with Crippen molar-refractivity contribution in [3.8, 4) is 0 Å². The van der Waals surface area contributed by atoms with Gasteiger partial charge in [-0.2, -0.15) is 4.39 Å². The van der Waals surface area contributed by atoms with Crippen LogP contribution in [0.15, 0.2) is 12.1 Å². The van der Waals surface area contributed by atoms with Crippen molar-refractivity contribution in [1.82, 2.24) is 0 Å².